The Kier molecular flexibility index (Phi) is 29.7. The van der Waals surface area contributed by atoms with E-state index in [1.54, 1.807) is 0 Å². The molecule has 0 bridgehead atoms. The van der Waals surface area contributed by atoms with E-state index in [1.165, 1.54) is 135 Å². The fourth-order valence-corrected chi connectivity index (χ4v) is 9.10. The van der Waals surface area contributed by atoms with Gasteiger partial charge in [-0.05, 0) is 25.7 Å². The summed E-state index contributed by atoms with van der Waals surface area (Å²) in [5.74, 6) is 0.231. The Hall–Kier alpha value is -0.600. The number of hydrogen-bond donors (Lipinski definition) is 9. The second kappa shape index (κ2) is 33.0. The van der Waals surface area contributed by atoms with Gasteiger partial charge in [-0.2, -0.15) is 0 Å². The van der Waals surface area contributed by atoms with E-state index in [0.717, 1.165) is 38.5 Å². The zero-order valence-electron chi connectivity index (χ0n) is 39.2. The molecule has 0 radical (unpaired) electrons. The summed E-state index contributed by atoms with van der Waals surface area (Å²) < 4.78 is 34.8. The Morgan fingerprint density at radius 1 is 0.413 bits per heavy atom. The average Bonchev–Trinajstić information content (AvgIpc) is 3.28. The highest BCUT2D eigenvalue weighted by Gasteiger charge is 2.51. The third kappa shape index (κ3) is 20.3. The third-order valence-electron chi connectivity index (χ3n) is 13.4. The highest BCUT2D eigenvalue weighted by atomic mass is 16.7. The number of rotatable bonds is 35. The van der Waals surface area contributed by atoms with Crippen molar-refractivity contribution in [2.75, 3.05) is 19.8 Å². The number of unbranched alkanes of at least 4 members (excludes halogenated alkanes) is 22. The van der Waals surface area contributed by atoms with Crippen molar-refractivity contribution in [2.45, 2.75) is 280 Å². The smallest absolute Gasteiger partial charge is 0.187 e. The quantitative estimate of drug-likeness (QED) is 0.0368. The van der Waals surface area contributed by atoms with E-state index in [0.29, 0.717) is 6.61 Å². The van der Waals surface area contributed by atoms with Crippen LogP contribution in [0.25, 0.3) is 0 Å². The molecule has 3 heterocycles. The lowest BCUT2D eigenvalue weighted by Crippen LogP contribution is -2.64. The third-order valence-corrected chi connectivity index (χ3v) is 13.4. The van der Waals surface area contributed by atoms with Gasteiger partial charge in [-0.3, -0.25) is 0 Å². The van der Waals surface area contributed by atoms with Crippen molar-refractivity contribution in [2.24, 2.45) is 5.92 Å². The van der Waals surface area contributed by atoms with Gasteiger partial charge in [-0.25, -0.2) is 0 Å². The van der Waals surface area contributed by atoms with Crippen molar-refractivity contribution < 1.29 is 74.4 Å². The highest BCUT2D eigenvalue weighted by Crippen LogP contribution is 2.31. The van der Waals surface area contributed by atoms with E-state index in [1.807, 2.05) is 0 Å². The predicted molar refractivity (Wildman–Crippen MR) is 238 cm³/mol. The second-order valence-corrected chi connectivity index (χ2v) is 18.9. The molecule has 374 valence electrons. The maximum absolute atomic E-state index is 11.2. The molecular weight excluding hydrogens is 817 g/mol. The van der Waals surface area contributed by atoms with E-state index < -0.39 is 105 Å². The Labute approximate surface area is 379 Å². The summed E-state index contributed by atoms with van der Waals surface area (Å²) >= 11 is 0. The van der Waals surface area contributed by atoms with Crippen LogP contribution in [0.1, 0.15) is 188 Å². The van der Waals surface area contributed by atoms with E-state index in [-0.39, 0.29) is 5.92 Å². The molecule has 15 heteroatoms. The normalized spacial score (nSPS) is 34.0. The number of aliphatic hydroxyl groups is 9. The number of hydrogen-bond acceptors (Lipinski definition) is 15. The van der Waals surface area contributed by atoms with Crippen molar-refractivity contribution in [1.29, 1.82) is 0 Å². The molecule has 0 unspecified atom stereocenters. The molecule has 0 amide bonds. The Morgan fingerprint density at radius 2 is 0.825 bits per heavy atom. The van der Waals surface area contributed by atoms with Crippen molar-refractivity contribution in [3.63, 3.8) is 0 Å². The molecule has 3 fully saturated rings. The minimum Gasteiger partial charge on any atom is -0.394 e. The van der Waals surface area contributed by atoms with Gasteiger partial charge in [0.2, 0.25) is 0 Å². The van der Waals surface area contributed by atoms with Gasteiger partial charge in [0.1, 0.15) is 67.1 Å². The largest absolute Gasteiger partial charge is 0.394 e. The molecule has 0 aromatic rings. The first-order chi connectivity index (χ1) is 30.4. The molecule has 3 aliphatic heterocycles. The predicted octanol–water partition coefficient (Wildman–Crippen LogP) is 5.28. The SMILES string of the molecule is CCCCCCCCCCCCCCC(CCCCCCCCCCCCCC)CO[C@@H]1O[C@H](CO[C@@H]2O[C@H](CO)[C@H](O)[C@H](O[C@@H]3O[C@@H](C)[C@@H](O)[C@@H](O)[C@@H]3O)[C@H]2O)[C@H](O)[C@H](O)[C@H]1O. The first-order valence-electron chi connectivity index (χ1n) is 25.3. The maximum atomic E-state index is 11.2. The molecule has 0 spiro atoms. The van der Waals surface area contributed by atoms with Crippen LogP contribution in [0.5, 0.6) is 0 Å². The van der Waals surface area contributed by atoms with Gasteiger partial charge in [0, 0.05) is 0 Å². The number of ether oxygens (including phenoxy) is 6. The average molecular weight is 909 g/mol. The monoisotopic (exact) mass is 909 g/mol. The van der Waals surface area contributed by atoms with Gasteiger partial charge in [0.15, 0.2) is 18.9 Å². The van der Waals surface area contributed by atoms with Gasteiger partial charge >= 0.3 is 0 Å². The Bertz CT molecular complexity index is 1080. The molecule has 9 N–H and O–H groups in total. The lowest BCUT2D eigenvalue weighted by molar-refractivity contribution is -0.363. The summed E-state index contributed by atoms with van der Waals surface area (Å²) in [6.07, 6.45) is 10.3. The minimum atomic E-state index is -1.73. The van der Waals surface area contributed by atoms with Crippen molar-refractivity contribution >= 4 is 0 Å². The first-order valence-corrected chi connectivity index (χ1v) is 25.3. The molecule has 15 atom stereocenters. The molecule has 0 aromatic carbocycles. The zero-order chi connectivity index (χ0) is 46.0. The van der Waals surface area contributed by atoms with Crippen LogP contribution in [0, 0.1) is 5.92 Å². The summed E-state index contributed by atoms with van der Waals surface area (Å²) in [5.41, 5.74) is 0. The summed E-state index contributed by atoms with van der Waals surface area (Å²) in [4.78, 5) is 0. The molecule has 0 saturated carbocycles. The lowest BCUT2D eigenvalue weighted by Gasteiger charge is -2.46. The molecule has 3 aliphatic rings. The molecule has 3 saturated heterocycles. The highest BCUT2D eigenvalue weighted by molar-refractivity contribution is 4.94. The fourth-order valence-electron chi connectivity index (χ4n) is 9.10. The zero-order valence-corrected chi connectivity index (χ0v) is 39.2. The van der Waals surface area contributed by atoms with Crippen LogP contribution in [-0.4, -0.2) is 158 Å². The standard InChI is InChI=1S/C48H92O15/c1-4-6-8-10-12-14-16-18-20-22-24-26-28-34(29-27-25-23-21-19-17-15-13-11-9-7-5-2)31-58-46-42(55)41(54)38(51)36(62-46)32-59-47-44(57)45(39(52)35(30-49)61-47)63-48-43(56)40(53)37(50)33(3)60-48/h33-57H,4-32H2,1-3H3/t33-,35+,36+,37+,38-,39-,40+,41-,42+,43-,44+,45-,46+,47+,48-/m0/s1. The van der Waals surface area contributed by atoms with Crippen molar-refractivity contribution in [3.05, 3.63) is 0 Å². The van der Waals surface area contributed by atoms with Crippen LogP contribution >= 0.6 is 0 Å². The van der Waals surface area contributed by atoms with E-state index in [9.17, 15) is 46.0 Å². The van der Waals surface area contributed by atoms with Gasteiger partial charge in [0.25, 0.3) is 0 Å². The summed E-state index contributed by atoms with van der Waals surface area (Å²) in [6.45, 7) is 5.10. The van der Waals surface area contributed by atoms with E-state index in [2.05, 4.69) is 13.8 Å². The van der Waals surface area contributed by atoms with Gasteiger partial charge in [-0.15, -0.1) is 0 Å². The number of aliphatic hydroxyl groups excluding tert-OH is 9. The summed E-state index contributed by atoms with van der Waals surface area (Å²) in [7, 11) is 0. The minimum absolute atomic E-state index is 0.231. The van der Waals surface area contributed by atoms with Crippen LogP contribution in [0.2, 0.25) is 0 Å². The second-order valence-electron chi connectivity index (χ2n) is 18.9. The van der Waals surface area contributed by atoms with Crippen molar-refractivity contribution in [3.8, 4) is 0 Å². The van der Waals surface area contributed by atoms with Gasteiger partial charge < -0.3 is 74.4 Å². The van der Waals surface area contributed by atoms with E-state index >= 15 is 0 Å². The maximum Gasteiger partial charge on any atom is 0.187 e. The molecule has 0 aromatic heterocycles. The Morgan fingerprint density at radius 3 is 1.30 bits per heavy atom. The molecule has 3 rings (SSSR count). The molecular formula is C48H92O15. The lowest BCUT2D eigenvalue weighted by atomic mass is 9.94. The molecule has 63 heavy (non-hydrogen) atoms. The van der Waals surface area contributed by atoms with E-state index in [4.69, 9.17) is 28.4 Å². The topological polar surface area (TPSA) is 237 Å². The van der Waals surface area contributed by atoms with Crippen LogP contribution < -0.4 is 0 Å². The van der Waals surface area contributed by atoms with Crippen LogP contribution in [0.15, 0.2) is 0 Å². The molecule has 15 nitrogen and oxygen atoms in total. The van der Waals surface area contributed by atoms with Crippen LogP contribution in [0.4, 0.5) is 0 Å². The fraction of sp³-hybridized carbons (Fsp3) is 1.00. The first kappa shape index (κ1) is 56.7. The van der Waals surface area contributed by atoms with Gasteiger partial charge in [0.05, 0.1) is 25.9 Å². The Balaban J connectivity index is 1.51. The van der Waals surface area contributed by atoms with Gasteiger partial charge in [-0.1, -0.05) is 168 Å². The van der Waals surface area contributed by atoms with Crippen LogP contribution in [0.3, 0.4) is 0 Å². The van der Waals surface area contributed by atoms with Crippen molar-refractivity contribution in [1.82, 2.24) is 0 Å². The summed E-state index contributed by atoms with van der Waals surface area (Å²) in [5, 5.41) is 95.5. The summed E-state index contributed by atoms with van der Waals surface area (Å²) in [6, 6.07) is 0. The van der Waals surface area contributed by atoms with Crippen LogP contribution in [-0.2, 0) is 28.4 Å². The molecule has 0 aliphatic carbocycles.